The lowest BCUT2D eigenvalue weighted by molar-refractivity contribution is -0.148. The molecule has 0 aliphatic carbocycles. The molecule has 1 rings (SSSR count). The zero-order chi connectivity index (χ0) is 14.5. The third kappa shape index (κ3) is 7.50. The summed E-state index contributed by atoms with van der Waals surface area (Å²) in [6, 6.07) is 0. The zero-order valence-electron chi connectivity index (χ0n) is 12.9. The molecule has 5 nitrogen and oxygen atoms in total. The first kappa shape index (κ1) is 16.4. The number of esters is 1. The number of carbonyl (C=O) groups is 1. The van der Waals surface area contributed by atoms with E-state index in [2.05, 4.69) is 31.0 Å². The lowest BCUT2D eigenvalue weighted by Crippen LogP contribution is -2.53. The molecule has 1 saturated heterocycles. The van der Waals surface area contributed by atoms with Crippen LogP contribution in [0.2, 0.25) is 0 Å². The summed E-state index contributed by atoms with van der Waals surface area (Å²) in [4.78, 5) is 13.9. The molecular formula is C14H28N2O3. The van der Waals surface area contributed by atoms with E-state index in [0.29, 0.717) is 26.4 Å². The van der Waals surface area contributed by atoms with Gasteiger partial charge < -0.3 is 14.8 Å². The Balaban J connectivity index is 2.28. The molecule has 0 aromatic heterocycles. The fourth-order valence-corrected chi connectivity index (χ4v) is 2.30. The van der Waals surface area contributed by atoms with Crippen molar-refractivity contribution in [1.29, 1.82) is 0 Å². The van der Waals surface area contributed by atoms with Gasteiger partial charge in [0.05, 0.1) is 19.8 Å². The standard InChI is InChI=1S/C14H28N2O3/c1-13(2,3)15-14(4,5)11-19-12(17)10-16-6-8-18-9-7-16/h15H,6-11H2,1-5H3. The van der Waals surface area contributed by atoms with Gasteiger partial charge in [0.1, 0.15) is 6.61 Å². The molecule has 5 heteroatoms. The van der Waals surface area contributed by atoms with Crippen molar-refractivity contribution in [1.82, 2.24) is 10.2 Å². The van der Waals surface area contributed by atoms with Crippen molar-refractivity contribution in [2.75, 3.05) is 39.5 Å². The second kappa shape index (κ2) is 6.68. The number of morpholine rings is 1. The van der Waals surface area contributed by atoms with Gasteiger partial charge in [0.2, 0.25) is 0 Å². The minimum Gasteiger partial charge on any atom is -0.463 e. The van der Waals surface area contributed by atoms with E-state index in [4.69, 9.17) is 9.47 Å². The highest BCUT2D eigenvalue weighted by atomic mass is 16.5. The maximum atomic E-state index is 11.8. The van der Waals surface area contributed by atoms with Gasteiger partial charge in [-0.05, 0) is 34.6 Å². The Bertz CT molecular complexity index is 292. The molecule has 0 saturated carbocycles. The second-order valence-electron chi connectivity index (χ2n) is 6.81. The van der Waals surface area contributed by atoms with Gasteiger partial charge in [0, 0.05) is 24.2 Å². The van der Waals surface area contributed by atoms with Gasteiger partial charge in [-0.3, -0.25) is 9.69 Å². The van der Waals surface area contributed by atoms with Crippen LogP contribution < -0.4 is 5.32 Å². The summed E-state index contributed by atoms with van der Waals surface area (Å²) in [6.07, 6.45) is 0. The van der Waals surface area contributed by atoms with Gasteiger partial charge in [-0.1, -0.05) is 0 Å². The lowest BCUT2D eigenvalue weighted by atomic mass is 10.00. The van der Waals surface area contributed by atoms with Crippen molar-refractivity contribution < 1.29 is 14.3 Å². The van der Waals surface area contributed by atoms with Crippen LogP contribution in [0.5, 0.6) is 0 Å². The Labute approximate surface area is 116 Å². The van der Waals surface area contributed by atoms with Crippen LogP contribution in [0.15, 0.2) is 0 Å². The van der Waals surface area contributed by atoms with Crippen LogP contribution in [0, 0.1) is 0 Å². The number of hydrogen-bond acceptors (Lipinski definition) is 5. The zero-order valence-corrected chi connectivity index (χ0v) is 12.9. The number of rotatable bonds is 5. The predicted molar refractivity (Wildman–Crippen MR) is 75.2 cm³/mol. The molecule has 1 heterocycles. The summed E-state index contributed by atoms with van der Waals surface area (Å²) in [5, 5.41) is 3.44. The molecule has 0 spiro atoms. The molecule has 0 unspecified atom stereocenters. The van der Waals surface area contributed by atoms with E-state index in [1.807, 2.05) is 13.8 Å². The fraction of sp³-hybridized carbons (Fsp3) is 0.929. The van der Waals surface area contributed by atoms with Gasteiger partial charge in [-0.2, -0.15) is 0 Å². The van der Waals surface area contributed by atoms with E-state index in [-0.39, 0.29) is 17.0 Å². The highest BCUT2D eigenvalue weighted by Crippen LogP contribution is 2.11. The van der Waals surface area contributed by atoms with Crippen LogP contribution in [0.4, 0.5) is 0 Å². The number of hydrogen-bond donors (Lipinski definition) is 1. The molecule has 1 aliphatic rings. The third-order valence-electron chi connectivity index (χ3n) is 2.76. The quantitative estimate of drug-likeness (QED) is 0.758. The van der Waals surface area contributed by atoms with Crippen molar-refractivity contribution in [2.45, 2.75) is 45.7 Å². The summed E-state index contributed by atoms with van der Waals surface area (Å²) < 4.78 is 10.6. The monoisotopic (exact) mass is 272 g/mol. The largest absolute Gasteiger partial charge is 0.463 e. The van der Waals surface area contributed by atoms with E-state index in [9.17, 15) is 4.79 Å². The maximum Gasteiger partial charge on any atom is 0.320 e. The molecule has 0 aromatic carbocycles. The Morgan fingerprint density at radius 3 is 2.32 bits per heavy atom. The van der Waals surface area contributed by atoms with Crippen LogP contribution in [0.3, 0.4) is 0 Å². The van der Waals surface area contributed by atoms with Crippen molar-refractivity contribution in [3.05, 3.63) is 0 Å². The van der Waals surface area contributed by atoms with E-state index in [1.54, 1.807) is 0 Å². The minimum atomic E-state index is -0.223. The maximum absolute atomic E-state index is 11.8. The van der Waals surface area contributed by atoms with E-state index in [1.165, 1.54) is 0 Å². The highest BCUT2D eigenvalue weighted by molar-refractivity contribution is 5.71. The van der Waals surface area contributed by atoms with E-state index in [0.717, 1.165) is 13.1 Å². The van der Waals surface area contributed by atoms with Gasteiger partial charge in [-0.15, -0.1) is 0 Å². The molecule has 0 bridgehead atoms. The summed E-state index contributed by atoms with van der Waals surface area (Å²) >= 11 is 0. The molecular weight excluding hydrogens is 244 g/mol. The Hall–Kier alpha value is -0.650. The SMILES string of the molecule is CC(C)(C)NC(C)(C)COC(=O)CN1CCOCC1. The van der Waals surface area contributed by atoms with Crippen molar-refractivity contribution in [3.63, 3.8) is 0 Å². The topological polar surface area (TPSA) is 50.8 Å². The van der Waals surface area contributed by atoms with Crippen LogP contribution in [0.25, 0.3) is 0 Å². The molecule has 0 aromatic rings. The van der Waals surface area contributed by atoms with Crippen LogP contribution >= 0.6 is 0 Å². The van der Waals surface area contributed by atoms with Crippen LogP contribution in [0.1, 0.15) is 34.6 Å². The second-order valence-corrected chi connectivity index (χ2v) is 6.81. The number of carbonyl (C=O) groups excluding carboxylic acids is 1. The summed E-state index contributed by atoms with van der Waals surface area (Å²) in [6.45, 7) is 14.1. The van der Waals surface area contributed by atoms with Gasteiger partial charge in [-0.25, -0.2) is 0 Å². The molecule has 19 heavy (non-hydrogen) atoms. The van der Waals surface area contributed by atoms with Gasteiger partial charge >= 0.3 is 5.97 Å². The molecule has 0 radical (unpaired) electrons. The number of nitrogens with one attached hydrogen (secondary N) is 1. The summed E-state index contributed by atoms with van der Waals surface area (Å²) in [5.74, 6) is -0.161. The number of nitrogens with zero attached hydrogens (tertiary/aromatic N) is 1. The highest BCUT2D eigenvalue weighted by Gasteiger charge is 2.26. The predicted octanol–water partition coefficient (Wildman–Crippen LogP) is 1.03. The van der Waals surface area contributed by atoms with Gasteiger partial charge in [0.15, 0.2) is 0 Å². The van der Waals surface area contributed by atoms with Gasteiger partial charge in [0.25, 0.3) is 0 Å². The molecule has 112 valence electrons. The normalized spacial score (nSPS) is 18.4. The lowest BCUT2D eigenvalue weighted by Gasteiger charge is -2.34. The van der Waals surface area contributed by atoms with Crippen molar-refractivity contribution >= 4 is 5.97 Å². The smallest absolute Gasteiger partial charge is 0.320 e. The first-order valence-electron chi connectivity index (χ1n) is 6.93. The summed E-state index contributed by atoms with van der Waals surface area (Å²) in [7, 11) is 0. The first-order chi connectivity index (χ1) is 8.68. The number of ether oxygens (including phenoxy) is 2. The average Bonchev–Trinajstić information content (AvgIpc) is 2.25. The third-order valence-corrected chi connectivity index (χ3v) is 2.76. The minimum absolute atomic E-state index is 0.000115. The van der Waals surface area contributed by atoms with Crippen LogP contribution in [-0.2, 0) is 14.3 Å². The molecule has 1 N–H and O–H groups in total. The molecule has 0 amide bonds. The Morgan fingerprint density at radius 1 is 1.21 bits per heavy atom. The Kier molecular flexibility index (Phi) is 5.77. The molecule has 1 aliphatic heterocycles. The van der Waals surface area contributed by atoms with Crippen LogP contribution in [-0.4, -0.2) is 61.4 Å². The first-order valence-corrected chi connectivity index (χ1v) is 6.93. The average molecular weight is 272 g/mol. The Morgan fingerprint density at radius 2 is 1.79 bits per heavy atom. The van der Waals surface area contributed by atoms with E-state index < -0.39 is 0 Å². The molecule has 0 atom stereocenters. The van der Waals surface area contributed by atoms with E-state index >= 15 is 0 Å². The van der Waals surface area contributed by atoms with Crippen molar-refractivity contribution in [3.8, 4) is 0 Å². The van der Waals surface area contributed by atoms with Crippen molar-refractivity contribution in [2.24, 2.45) is 0 Å². The molecule has 1 fully saturated rings. The fourth-order valence-electron chi connectivity index (χ4n) is 2.30. The summed E-state index contributed by atoms with van der Waals surface area (Å²) in [5.41, 5.74) is -0.223.